The van der Waals surface area contributed by atoms with Crippen molar-refractivity contribution in [3.63, 3.8) is 0 Å². The van der Waals surface area contributed by atoms with E-state index in [4.69, 9.17) is 47.4 Å². The third-order valence-electron chi connectivity index (χ3n) is 13.6. The van der Waals surface area contributed by atoms with Gasteiger partial charge in [0, 0.05) is 43.1 Å². The summed E-state index contributed by atoms with van der Waals surface area (Å²) in [5.74, 6) is 5.42. The van der Waals surface area contributed by atoms with E-state index < -0.39 is 59.7 Å². The lowest BCUT2D eigenvalue weighted by Gasteiger charge is -2.33. The van der Waals surface area contributed by atoms with E-state index in [1.54, 1.807) is 72.1 Å². The number of aliphatic hydroxyl groups excluding tert-OH is 2. The van der Waals surface area contributed by atoms with Crippen LogP contribution in [0.1, 0.15) is 112 Å². The van der Waals surface area contributed by atoms with Gasteiger partial charge in [-0.2, -0.15) is 0 Å². The van der Waals surface area contributed by atoms with Crippen LogP contribution >= 0.6 is 22.6 Å². The summed E-state index contributed by atoms with van der Waals surface area (Å²) in [7, 11) is 2.82. The van der Waals surface area contributed by atoms with Crippen LogP contribution in [0.5, 0.6) is 23.0 Å². The smallest absolute Gasteiger partial charge is 0.417 e. The Morgan fingerprint density at radius 3 is 1.46 bits per heavy atom. The molecule has 6 amide bonds. The van der Waals surface area contributed by atoms with Crippen molar-refractivity contribution >= 4 is 69.8 Å². The Morgan fingerprint density at radius 1 is 0.598 bits per heavy atom. The second-order valence-electron chi connectivity index (χ2n) is 22.9. The van der Waals surface area contributed by atoms with Crippen molar-refractivity contribution in [2.24, 2.45) is 0 Å². The van der Waals surface area contributed by atoms with Gasteiger partial charge in [0.1, 0.15) is 24.4 Å². The van der Waals surface area contributed by atoms with Crippen LogP contribution in [0.25, 0.3) is 0 Å². The number of methoxy groups -OCH3 is 2. The molecule has 87 heavy (non-hydrogen) atoms. The average Bonchev–Trinajstić information content (AvgIpc) is 1.67. The highest BCUT2D eigenvalue weighted by molar-refractivity contribution is 14.1. The minimum atomic E-state index is -1.50. The highest BCUT2D eigenvalue weighted by Crippen LogP contribution is 2.44. The first-order chi connectivity index (χ1) is 41.4. The van der Waals surface area contributed by atoms with Crippen LogP contribution < -0.4 is 39.4 Å². The van der Waals surface area contributed by atoms with Crippen molar-refractivity contribution in [1.29, 1.82) is 0 Å². The molecule has 0 fully saturated rings. The van der Waals surface area contributed by atoms with Crippen molar-refractivity contribution in [3.05, 3.63) is 93.8 Å². The fraction of sp³-hybridized carbons (Fsp3) is 0.516. The quantitative estimate of drug-likeness (QED) is 0.0297. The van der Waals surface area contributed by atoms with Gasteiger partial charge in [0.2, 0.25) is 11.8 Å². The predicted octanol–water partition coefficient (Wildman–Crippen LogP) is 6.72. The SMILES string of the molecule is COc1cc2c(cc1OCc1cc(C#CCNC(=O)CCOCCOCCOCCOCCNC(=O)CI)cc(COc3cc4c(cc3OC)C(=O)N3C=C(C)C[C@H]3[C@H](O)N4C(=O)OC(C)(C)C)c1)N(C(=O)OC(C)(C)C)[C@@H](O)[C@@H]1CC(C)=CN1C2=O. The predicted molar refractivity (Wildman–Crippen MR) is 327 cm³/mol. The minimum Gasteiger partial charge on any atom is -0.493 e. The zero-order chi connectivity index (χ0) is 63.2. The molecule has 4 atom stereocenters. The largest absolute Gasteiger partial charge is 0.493 e. The summed E-state index contributed by atoms with van der Waals surface area (Å²) >= 11 is 1.99. The van der Waals surface area contributed by atoms with Gasteiger partial charge in [0.15, 0.2) is 35.5 Å². The highest BCUT2D eigenvalue weighted by Gasteiger charge is 2.47. The number of ether oxygens (including phenoxy) is 10. The molecular weight excluding hydrogens is 1240 g/mol. The second-order valence-corrected chi connectivity index (χ2v) is 23.6. The molecule has 0 bridgehead atoms. The fourth-order valence-electron chi connectivity index (χ4n) is 9.81. The maximum Gasteiger partial charge on any atom is 0.417 e. The van der Waals surface area contributed by atoms with E-state index in [9.17, 15) is 39.0 Å². The van der Waals surface area contributed by atoms with E-state index >= 15 is 0 Å². The third-order valence-corrected chi connectivity index (χ3v) is 14.3. The standard InChI is InChI=1S/C62H79IN6O18/c1-38-24-47-57(74)68(59(76)86-61(3,4)5)45-31-51(49(78-9)29-43(45)55(72)66(47)34-38)84-36-41-26-40(12-11-14-64-53(70)13-16-80-18-20-82-22-23-83-21-19-81-17-15-65-54(71)33-63)27-42(28-41)37-85-52-32-46-44(30-50(52)79-10)56(73)67-35-39(2)25-48(67)58(75)69(46)60(77)87-62(6,7)8/h26-32,34-35,47-48,57-58,74-75H,13-25,33,36-37H2,1-10H3,(H,64,70)(H,65,71)/t47-,48-,57-,58-/m0/s1. The van der Waals surface area contributed by atoms with Gasteiger partial charge < -0.3 is 78.0 Å². The van der Waals surface area contributed by atoms with E-state index in [1.807, 2.05) is 36.4 Å². The van der Waals surface area contributed by atoms with Crippen LogP contribution in [0, 0.1) is 11.8 Å². The number of hydrogen-bond acceptors (Lipinski definition) is 18. The Kier molecular flexibility index (Phi) is 23.7. The lowest BCUT2D eigenvalue weighted by Crippen LogP contribution is -2.51. The second kappa shape index (κ2) is 30.6. The number of anilines is 2. The Hall–Kier alpha value is -7.19. The summed E-state index contributed by atoms with van der Waals surface area (Å²) in [5, 5.41) is 29.3. The molecule has 0 unspecified atom stereocenters. The Morgan fingerprint density at radius 2 is 1.03 bits per heavy atom. The summed E-state index contributed by atoms with van der Waals surface area (Å²) in [4.78, 5) is 85.5. The zero-order valence-electron chi connectivity index (χ0n) is 50.9. The zero-order valence-corrected chi connectivity index (χ0v) is 53.1. The molecule has 0 aliphatic carbocycles. The van der Waals surface area contributed by atoms with Gasteiger partial charge in [-0.15, -0.1) is 0 Å². The maximum atomic E-state index is 14.2. The molecule has 0 radical (unpaired) electrons. The molecule has 4 aliphatic rings. The maximum absolute atomic E-state index is 14.2. The number of hydrogen-bond donors (Lipinski definition) is 4. The summed E-state index contributed by atoms with van der Waals surface area (Å²) in [5.41, 5.74) is 1.60. The number of carbonyl (C=O) groups excluding carboxylic acids is 6. The monoisotopic (exact) mass is 1320 g/mol. The molecule has 4 aliphatic heterocycles. The molecule has 0 saturated heterocycles. The van der Waals surface area contributed by atoms with Crippen LogP contribution in [0.3, 0.4) is 0 Å². The first-order valence-electron chi connectivity index (χ1n) is 28.5. The number of alkyl halides is 1. The van der Waals surface area contributed by atoms with Crippen LogP contribution in [-0.2, 0) is 51.2 Å². The molecule has 0 saturated carbocycles. The molecule has 4 heterocycles. The van der Waals surface area contributed by atoms with E-state index in [0.717, 1.165) is 20.9 Å². The number of halogens is 1. The first-order valence-corrected chi connectivity index (χ1v) is 30.0. The van der Waals surface area contributed by atoms with E-state index in [0.29, 0.717) is 80.1 Å². The average molecular weight is 1320 g/mol. The number of fused-ring (bicyclic) bond motifs is 4. The molecule has 3 aromatic rings. The van der Waals surface area contributed by atoms with Gasteiger partial charge in [0.05, 0.1) is 113 Å². The number of rotatable bonds is 25. The van der Waals surface area contributed by atoms with E-state index in [1.165, 1.54) is 48.3 Å². The summed E-state index contributed by atoms with van der Waals surface area (Å²) in [6.45, 7) is 16.7. The van der Waals surface area contributed by atoms with Crippen molar-refractivity contribution in [1.82, 2.24) is 20.4 Å². The molecule has 4 N–H and O–H groups in total. The lowest BCUT2D eigenvalue weighted by atomic mass is 10.1. The van der Waals surface area contributed by atoms with Gasteiger partial charge in [-0.3, -0.25) is 19.2 Å². The number of aliphatic hydroxyl groups is 2. The van der Waals surface area contributed by atoms with Crippen molar-refractivity contribution in [3.8, 4) is 34.8 Å². The van der Waals surface area contributed by atoms with Gasteiger partial charge in [-0.1, -0.05) is 45.6 Å². The Balaban J connectivity index is 1.08. The number of nitrogens with zero attached hydrogens (tertiary/aromatic N) is 4. The molecule has 472 valence electrons. The number of nitrogens with one attached hydrogen (secondary N) is 2. The number of amides is 6. The summed E-state index contributed by atoms with van der Waals surface area (Å²) in [6, 6.07) is 9.57. The van der Waals surface area contributed by atoms with Gasteiger partial charge >= 0.3 is 12.2 Å². The van der Waals surface area contributed by atoms with Gasteiger partial charge in [-0.05, 0) is 110 Å². The van der Waals surface area contributed by atoms with E-state index in [2.05, 4.69) is 22.5 Å². The van der Waals surface area contributed by atoms with Gasteiger partial charge in [0.25, 0.3) is 11.8 Å². The van der Waals surface area contributed by atoms with Crippen molar-refractivity contribution in [2.45, 2.75) is 124 Å². The van der Waals surface area contributed by atoms with Crippen LogP contribution in [-0.4, -0.2) is 176 Å². The molecule has 0 aromatic heterocycles. The van der Waals surface area contributed by atoms with Gasteiger partial charge in [-0.25, -0.2) is 19.4 Å². The Bertz CT molecular complexity index is 2970. The molecule has 3 aromatic carbocycles. The highest BCUT2D eigenvalue weighted by atomic mass is 127. The number of carbonyl (C=O) groups is 6. The van der Waals surface area contributed by atoms with Crippen molar-refractivity contribution < 1.29 is 86.3 Å². The fourth-order valence-corrected chi connectivity index (χ4v) is 10.1. The van der Waals surface area contributed by atoms with Crippen molar-refractivity contribution in [2.75, 3.05) is 94.4 Å². The lowest BCUT2D eigenvalue weighted by molar-refractivity contribution is -0.122. The molecule has 25 heteroatoms. The van der Waals surface area contributed by atoms with Crippen LogP contribution in [0.4, 0.5) is 21.0 Å². The number of benzene rings is 3. The molecular formula is C62H79IN6O18. The molecule has 0 spiro atoms. The third kappa shape index (κ3) is 18.2. The normalized spacial score (nSPS) is 17.9. The molecule has 24 nitrogen and oxygen atoms in total. The minimum absolute atomic E-state index is 0.00787. The van der Waals surface area contributed by atoms with Crippen LogP contribution in [0.2, 0.25) is 0 Å². The first kappa shape index (κ1) is 67.3. The Labute approximate surface area is 520 Å². The van der Waals surface area contributed by atoms with E-state index in [-0.39, 0.29) is 96.7 Å². The summed E-state index contributed by atoms with van der Waals surface area (Å²) in [6.07, 6.45) is -0.734. The molecule has 7 rings (SSSR count). The van der Waals surface area contributed by atoms with Crippen LogP contribution in [0.15, 0.2) is 66.0 Å². The topological polar surface area (TPSA) is 272 Å². The summed E-state index contributed by atoms with van der Waals surface area (Å²) < 4.78 is 58.5.